The van der Waals surface area contributed by atoms with Crippen LogP contribution in [0.5, 0.6) is 5.75 Å². The van der Waals surface area contributed by atoms with Crippen LogP contribution in [0, 0.1) is 11.6 Å². The van der Waals surface area contributed by atoms with Crippen LogP contribution in [0.25, 0.3) is 0 Å². The molecule has 0 aliphatic heterocycles. The average molecular weight is 333 g/mol. The highest BCUT2D eigenvalue weighted by Gasteiger charge is 2.17. The molecule has 1 aromatic carbocycles. The number of thiophene rings is 1. The van der Waals surface area contributed by atoms with Gasteiger partial charge in [0.05, 0.1) is 16.8 Å². The minimum absolute atomic E-state index is 0.0487. The SMILES string of the molecule is COc1ccsc1C(Br)Cc1ccc(F)cc1F. The average Bonchev–Trinajstić information content (AvgIpc) is 2.81. The minimum Gasteiger partial charge on any atom is -0.496 e. The number of benzene rings is 1. The highest BCUT2D eigenvalue weighted by molar-refractivity contribution is 9.09. The van der Waals surface area contributed by atoms with Crippen LogP contribution in [-0.2, 0) is 6.42 Å². The molecule has 18 heavy (non-hydrogen) atoms. The van der Waals surface area contributed by atoms with E-state index in [1.807, 2.05) is 11.4 Å². The molecule has 0 saturated carbocycles. The van der Waals surface area contributed by atoms with Gasteiger partial charge in [0.2, 0.25) is 0 Å². The van der Waals surface area contributed by atoms with Crippen molar-refractivity contribution in [2.45, 2.75) is 11.2 Å². The molecule has 0 aliphatic carbocycles. The Morgan fingerprint density at radius 2 is 2.11 bits per heavy atom. The first-order valence-corrected chi connectivity index (χ1v) is 7.10. The molecule has 96 valence electrons. The molecule has 0 bridgehead atoms. The number of ether oxygens (including phenoxy) is 1. The van der Waals surface area contributed by atoms with Crippen molar-refractivity contribution in [1.29, 1.82) is 0 Å². The lowest BCUT2D eigenvalue weighted by atomic mass is 10.1. The molecular formula is C13H11BrF2OS. The molecule has 1 aromatic heterocycles. The Balaban J connectivity index is 2.18. The van der Waals surface area contributed by atoms with Gasteiger partial charge in [-0.3, -0.25) is 0 Å². The highest BCUT2D eigenvalue weighted by Crippen LogP contribution is 2.38. The predicted molar refractivity (Wildman–Crippen MR) is 72.6 cm³/mol. The van der Waals surface area contributed by atoms with Crippen LogP contribution in [0.3, 0.4) is 0 Å². The molecule has 2 aromatic rings. The summed E-state index contributed by atoms with van der Waals surface area (Å²) >= 11 is 5.06. The van der Waals surface area contributed by atoms with Gasteiger partial charge in [0.1, 0.15) is 17.4 Å². The Kier molecular flexibility index (Phi) is 4.35. The fourth-order valence-corrected chi connectivity index (χ4v) is 3.41. The maximum absolute atomic E-state index is 13.5. The van der Waals surface area contributed by atoms with E-state index in [4.69, 9.17) is 4.74 Å². The van der Waals surface area contributed by atoms with E-state index in [0.717, 1.165) is 16.7 Å². The first-order valence-electron chi connectivity index (χ1n) is 5.31. The van der Waals surface area contributed by atoms with Crippen LogP contribution in [0.2, 0.25) is 0 Å². The molecule has 1 atom stereocenters. The number of hydrogen-bond acceptors (Lipinski definition) is 2. The van der Waals surface area contributed by atoms with E-state index in [1.165, 1.54) is 12.1 Å². The second-order valence-corrected chi connectivity index (χ2v) is 5.81. The molecule has 0 aliphatic rings. The Bertz CT molecular complexity index is 542. The van der Waals surface area contributed by atoms with Gasteiger partial charge in [0.15, 0.2) is 0 Å². The molecule has 0 radical (unpaired) electrons. The minimum atomic E-state index is -0.559. The van der Waals surface area contributed by atoms with Crippen molar-refractivity contribution in [2.24, 2.45) is 0 Å². The molecule has 0 spiro atoms. The number of alkyl halides is 1. The van der Waals surface area contributed by atoms with Gasteiger partial charge in [-0.25, -0.2) is 8.78 Å². The Morgan fingerprint density at radius 3 is 2.78 bits per heavy atom. The third kappa shape index (κ3) is 2.90. The smallest absolute Gasteiger partial charge is 0.133 e. The van der Waals surface area contributed by atoms with Gasteiger partial charge in [0.25, 0.3) is 0 Å². The van der Waals surface area contributed by atoms with Crippen LogP contribution >= 0.6 is 27.3 Å². The van der Waals surface area contributed by atoms with E-state index in [1.54, 1.807) is 18.4 Å². The first kappa shape index (κ1) is 13.5. The van der Waals surface area contributed by atoms with E-state index in [2.05, 4.69) is 15.9 Å². The topological polar surface area (TPSA) is 9.23 Å². The van der Waals surface area contributed by atoms with Gasteiger partial charge in [-0.15, -0.1) is 11.3 Å². The van der Waals surface area contributed by atoms with E-state index in [-0.39, 0.29) is 4.83 Å². The third-order valence-electron chi connectivity index (χ3n) is 2.58. The van der Waals surface area contributed by atoms with Crippen LogP contribution in [0.15, 0.2) is 29.6 Å². The van der Waals surface area contributed by atoms with E-state index >= 15 is 0 Å². The summed E-state index contributed by atoms with van der Waals surface area (Å²) in [6, 6.07) is 5.51. The van der Waals surface area contributed by atoms with Gasteiger partial charge in [-0.2, -0.15) is 0 Å². The van der Waals surface area contributed by atoms with Crippen molar-refractivity contribution < 1.29 is 13.5 Å². The summed E-state index contributed by atoms with van der Waals surface area (Å²) in [6.45, 7) is 0. The zero-order valence-corrected chi connectivity index (χ0v) is 12.0. The molecule has 1 unspecified atom stereocenters. The second kappa shape index (κ2) is 5.80. The monoisotopic (exact) mass is 332 g/mol. The van der Waals surface area contributed by atoms with Crippen molar-refractivity contribution in [1.82, 2.24) is 0 Å². The Morgan fingerprint density at radius 1 is 1.33 bits per heavy atom. The zero-order valence-electron chi connectivity index (χ0n) is 9.62. The molecule has 5 heteroatoms. The van der Waals surface area contributed by atoms with Crippen LogP contribution < -0.4 is 4.74 Å². The first-order chi connectivity index (χ1) is 8.61. The molecule has 1 heterocycles. The largest absolute Gasteiger partial charge is 0.496 e. The summed E-state index contributed by atoms with van der Waals surface area (Å²) in [5, 5.41) is 1.92. The number of rotatable bonds is 4. The molecule has 0 fully saturated rings. The number of halogens is 3. The quantitative estimate of drug-likeness (QED) is 0.736. The lowest BCUT2D eigenvalue weighted by Crippen LogP contribution is -1.98. The number of hydrogen-bond donors (Lipinski definition) is 0. The van der Waals surface area contributed by atoms with Gasteiger partial charge >= 0.3 is 0 Å². The molecule has 0 amide bonds. The van der Waals surface area contributed by atoms with Crippen molar-refractivity contribution in [2.75, 3.05) is 7.11 Å². The summed E-state index contributed by atoms with van der Waals surface area (Å²) in [5.74, 6) is -0.296. The fraction of sp³-hybridized carbons (Fsp3) is 0.231. The lowest BCUT2D eigenvalue weighted by Gasteiger charge is -2.11. The van der Waals surface area contributed by atoms with Crippen molar-refractivity contribution in [3.8, 4) is 5.75 Å². The molecule has 0 N–H and O–H groups in total. The Hall–Kier alpha value is -0.940. The third-order valence-corrected chi connectivity index (χ3v) is 4.67. The highest BCUT2D eigenvalue weighted by atomic mass is 79.9. The Labute approximate surface area is 117 Å². The summed E-state index contributed by atoms with van der Waals surface area (Å²) in [4.78, 5) is 0.952. The fourth-order valence-electron chi connectivity index (χ4n) is 1.68. The van der Waals surface area contributed by atoms with E-state index < -0.39 is 11.6 Å². The summed E-state index contributed by atoms with van der Waals surface area (Å²) < 4.78 is 31.6. The summed E-state index contributed by atoms with van der Waals surface area (Å²) in [7, 11) is 1.60. The van der Waals surface area contributed by atoms with E-state index in [9.17, 15) is 8.78 Å². The van der Waals surface area contributed by atoms with Crippen LogP contribution in [0.4, 0.5) is 8.78 Å². The standard InChI is InChI=1S/C13H11BrF2OS/c1-17-12-4-5-18-13(12)10(14)6-8-2-3-9(15)7-11(8)16/h2-5,7,10H,6H2,1H3. The van der Waals surface area contributed by atoms with Gasteiger partial charge < -0.3 is 4.74 Å². The summed E-state index contributed by atoms with van der Waals surface area (Å²) in [6.07, 6.45) is 0.447. The van der Waals surface area contributed by atoms with Crippen molar-refractivity contribution in [3.63, 3.8) is 0 Å². The second-order valence-electron chi connectivity index (χ2n) is 3.76. The lowest BCUT2D eigenvalue weighted by molar-refractivity contribution is 0.412. The van der Waals surface area contributed by atoms with E-state index in [0.29, 0.717) is 12.0 Å². The molecule has 1 nitrogen and oxygen atoms in total. The summed E-state index contributed by atoms with van der Waals surface area (Å²) in [5.41, 5.74) is 0.480. The van der Waals surface area contributed by atoms with Crippen molar-refractivity contribution in [3.05, 3.63) is 51.7 Å². The molecular weight excluding hydrogens is 322 g/mol. The molecule has 0 saturated heterocycles. The number of methoxy groups -OCH3 is 1. The predicted octanol–water partition coefficient (Wildman–Crippen LogP) is 4.71. The van der Waals surface area contributed by atoms with Gasteiger partial charge in [-0.1, -0.05) is 22.0 Å². The van der Waals surface area contributed by atoms with Gasteiger partial charge in [0, 0.05) is 6.07 Å². The van der Waals surface area contributed by atoms with Crippen LogP contribution in [0.1, 0.15) is 15.3 Å². The van der Waals surface area contributed by atoms with Gasteiger partial charge in [-0.05, 0) is 29.5 Å². The normalized spacial score (nSPS) is 12.4. The van der Waals surface area contributed by atoms with Crippen LogP contribution in [-0.4, -0.2) is 7.11 Å². The van der Waals surface area contributed by atoms with Crippen molar-refractivity contribution >= 4 is 27.3 Å². The maximum Gasteiger partial charge on any atom is 0.133 e. The molecule has 2 rings (SSSR count). The zero-order chi connectivity index (χ0) is 13.1. The maximum atomic E-state index is 13.5.